The van der Waals surface area contributed by atoms with Gasteiger partial charge in [-0.25, -0.2) is 0 Å². The van der Waals surface area contributed by atoms with E-state index in [1.165, 1.54) is 0 Å². The Morgan fingerprint density at radius 1 is 1.18 bits per heavy atom. The van der Waals surface area contributed by atoms with Crippen molar-refractivity contribution >= 4 is 17.4 Å². The summed E-state index contributed by atoms with van der Waals surface area (Å²) in [5.41, 5.74) is 2.50. The number of carbonyl (C=O) groups excluding carboxylic acids is 1. The highest BCUT2D eigenvalue weighted by molar-refractivity contribution is 6.31. The number of rotatable bonds is 7. The summed E-state index contributed by atoms with van der Waals surface area (Å²) in [6, 6.07) is 13.1. The normalized spacial score (nSPS) is 10.5. The van der Waals surface area contributed by atoms with Gasteiger partial charge in [0.2, 0.25) is 0 Å². The van der Waals surface area contributed by atoms with Gasteiger partial charge in [0.15, 0.2) is 5.78 Å². The lowest BCUT2D eigenvalue weighted by Crippen LogP contribution is -2.07. The highest BCUT2D eigenvalue weighted by atomic mass is 35.5. The van der Waals surface area contributed by atoms with Crippen molar-refractivity contribution in [3.05, 3.63) is 64.2 Å². The minimum Gasteiger partial charge on any atom is -0.488 e. The van der Waals surface area contributed by atoms with Gasteiger partial charge in [-0.15, -0.1) is 0 Å². The van der Waals surface area contributed by atoms with Crippen molar-refractivity contribution in [3.8, 4) is 5.75 Å². The monoisotopic (exact) mass is 318 g/mol. The molecule has 0 saturated carbocycles. The zero-order valence-electron chi connectivity index (χ0n) is 12.8. The number of Topliss-reactive ketones (excluding diaryl/α,β-unsaturated/α-hetero) is 1. The van der Waals surface area contributed by atoms with Gasteiger partial charge in [0.1, 0.15) is 12.4 Å². The number of methoxy groups -OCH3 is 1. The number of carbonyl (C=O) groups is 1. The van der Waals surface area contributed by atoms with Crippen LogP contribution in [0.25, 0.3) is 0 Å². The van der Waals surface area contributed by atoms with Gasteiger partial charge in [-0.2, -0.15) is 0 Å². The van der Waals surface area contributed by atoms with Crippen LogP contribution in [0.3, 0.4) is 0 Å². The molecule has 116 valence electrons. The first-order valence-corrected chi connectivity index (χ1v) is 7.48. The van der Waals surface area contributed by atoms with Crippen LogP contribution >= 0.6 is 11.6 Å². The first-order chi connectivity index (χ1) is 10.6. The standard InChI is InChI=1S/C18H19ClO3/c1-13-7-8-18(15(11-13)17(20)9-10-21-2)22-12-14-5-3-4-6-16(14)19/h3-8,11H,9-10,12H2,1-2H3. The second-order valence-corrected chi connectivity index (χ2v) is 5.45. The SMILES string of the molecule is COCCC(=O)c1cc(C)ccc1OCc1ccccc1Cl. The zero-order chi connectivity index (χ0) is 15.9. The Balaban J connectivity index is 2.16. The molecule has 0 aliphatic heterocycles. The highest BCUT2D eigenvalue weighted by Crippen LogP contribution is 2.24. The number of aryl methyl sites for hydroxylation is 1. The van der Waals surface area contributed by atoms with E-state index in [4.69, 9.17) is 21.1 Å². The third kappa shape index (κ3) is 4.33. The van der Waals surface area contributed by atoms with E-state index in [0.717, 1.165) is 11.1 Å². The van der Waals surface area contributed by atoms with E-state index in [9.17, 15) is 4.79 Å². The van der Waals surface area contributed by atoms with Crippen LogP contribution < -0.4 is 4.74 Å². The molecule has 2 aromatic carbocycles. The summed E-state index contributed by atoms with van der Waals surface area (Å²) in [6.45, 7) is 2.68. The molecule has 0 aromatic heterocycles. The molecule has 0 N–H and O–H groups in total. The number of ether oxygens (including phenoxy) is 2. The molecule has 0 fully saturated rings. The van der Waals surface area contributed by atoms with Gasteiger partial charge in [0, 0.05) is 24.1 Å². The lowest BCUT2D eigenvalue weighted by atomic mass is 10.0. The number of halogens is 1. The van der Waals surface area contributed by atoms with E-state index < -0.39 is 0 Å². The van der Waals surface area contributed by atoms with Crippen LogP contribution in [-0.4, -0.2) is 19.5 Å². The molecule has 0 heterocycles. The van der Waals surface area contributed by atoms with Gasteiger partial charge in [-0.1, -0.05) is 41.4 Å². The summed E-state index contributed by atoms with van der Waals surface area (Å²) in [5, 5.41) is 0.655. The van der Waals surface area contributed by atoms with E-state index in [0.29, 0.717) is 36.0 Å². The van der Waals surface area contributed by atoms with Crippen LogP contribution in [0.1, 0.15) is 27.9 Å². The summed E-state index contributed by atoms with van der Waals surface area (Å²) >= 11 is 6.12. The lowest BCUT2D eigenvalue weighted by molar-refractivity contribution is 0.0928. The molecule has 3 nitrogen and oxygen atoms in total. The van der Waals surface area contributed by atoms with Crippen molar-refractivity contribution in [2.45, 2.75) is 20.0 Å². The number of hydrogen-bond acceptors (Lipinski definition) is 3. The fourth-order valence-electron chi connectivity index (χ4n) is 2.09. The highest BCUT2D eigenvalue weighted by Gasteiger charge is 2.13. The maximum Gasteiger partial charge on any atom is 0.168 e. The van der Waals surface area contributed by atoms with E-state index in [1.54, 1.807) is 7.11 Å². The predicted octanol–water partition coefficient (Wildman–Crippen LogP) is 4.45. The fraction of sp³-hybridized carbons (Fsp3) is 0.278. The van der Waals surface area contributed by atoms with Gasteiger partial charge in [0.25, 0.3) is 0 Å². The summed E-state index contributed by atoms with van der Waals surface area (Å²) in [4.78, 5) is 12.3. The van der Waals surface area contributed by atoms with Gasteiger partial charge in [-0.05, 0) is 25.1 Å². The third-order valence-electron chi connectivity index (χ3n) is 3.31. The lowest BCUT2D eigenvalue weighted by Gasteiger charge is -2.12. The minimum absolute atomic E-state index is 0.0136. The number of hydrogen-bond donors (Lipinski definition) is 0. The largest absolute Gasteiger partial charge is 0.488 e. The molecule has 0 spiro atoms. The van der Waals surface area contributed by atoms with Gasteiger partial charge >= 0.3 is 0 Å². The quantitative estimate of drug-likeness (QED) is 0.708. The average molecular weight is 319 g/mol. The predicted molar refractivity (Wildman–Crippen MR) is 87.8 cm³/mol. The summed E-state index contributed by atoms with van der Waals surface area (Å²) in [6.07, 6.45) is 0.336. The minimum atomic E-state index is 0.0136. The maximum absolute atomic E-state index is 12.3. The zero-order valence-corrected chi connectivity index (χ0v) is 13.5. The van der Waals surface area contributed by atoms with Crippen molar-refractivity contribution in [1.82, 2.24) is 0 Å². The summed E-state index contributed by atoms with van der Waals surface area (Å²) < 4.78 is 10.8. The van der Waals surface area contributed by atoms with Crippen molar-refractivity contribution in [1.29, 1.82) is 0 Å². The van der Waals surface area contributed by atoms with Crippen LogP contribution in [0.5, 0.6) is 5.75 Å². The molecule has 2 rings (SSSR count). The first kappa shape index (κ1) is 16.5. The van der Waals surface area contributed by atoms with E-state index in [2.05, 4.69) is 0 Å². The molecule has 0 aliphatic carbocycles. The van der Waals surface area contributed by atoms with Crippen molar-refractivity contribution in [2.75, 3.05) is 13.7 Å². The molecule has 0 amide bonds. The Bertz CT molecular complexity index is 653. The van der Waals surface area contributed by atoms with Gasteiger partial charge in [0.05, 0.1) is 12.2 Å². The fourth-order valence-corrected chi connectivity index (χ4v) is 2.28. The Labute approximate surface area is 135 Å². The Morgan fingerprint density at radius 3 is 2.68 bits per heavy atom. The Kier molecular flexibility index (Phi) is 5.99. The molecule has 2 aromatic rings. The summed E-state index contributed by atoms with van der Waals surface area (Å²) in [5.74, 6) is 0.589. The molecule has 0 aliphatic rings. The van der Waals surface area contributed by atoms with Crippen LogP contribution in [0.2, 0.25) is 5.02 Å². The van der Waals surface area contributed by atoms with Gasteiger partial charge in [-0.3, -0.25) is 4.79 Å². The van der Waals surface area contributed by atoms with Crippen LogP contribution in [0, 0.1) is 6.92 Å². The number of benzene rings is 2. The van der Waals surface area contributed by atoms with Crippen molar-refractivity contribution in [3.63, 3.8) is 0 Å². The van der Waals surface area contributed by atoms with Crippen LogP contribution in [0.4, 0.5) is 0 Å². The van der Waals surface area contributed by atoms with E-state index >= 15 is 0 Å². The second kappa shape index (κ2) is 7.97. The topological polar surface area (TPSA) is 35.5 Å². The molecular weight excluding hydrogens is 300 g/mol. The van der Waals surface area contributed by atoms with Crippen LogP contribution in [-0.2, 0) is 11.3 Å². The van der Waals surface area contributed by atoms with E-state index in [1.807, 2.05) is 49.4 Å². The maximum atomic E-state index is 12.3. The molecule has 0 saturated heterocycles. The molecular formula is C18H19ClO3. The molecule has 22 heavy (non-hydrogen) atoms. The smallest absolute Gasteiger partial charge is 0.168 e. The van der Waals surface area contributed by atoms with Gasteiger partial charge < -0.3 is 9.47 Å². The molecule has 0 atom stereocenters. The van der Waals surface area contributed by atoms with E-state index in [-0.39, 0.29) is 5.78 Å². The molecule has 4 heteroatoms. The average Bonchev–Trinajstić information content (AvgIpc) is 2.52. The molecule has 0 radical (unpaired) electrons. The Hall–Kier alpha value is -1.84. The first-order valence-electron chi connectivity index (χ1n) is 7.11. The summed E-state index contributed by atoms with van der Waals surface area (Å²) in [7, 11) is 1.58. The van der Waals surface area contributed by atoms with Crippen molar-refractivity contribution < 1.29 is 14.3 Å². The van der Waals surface area contributed by atoms with Crippen molar-refractivity contribution in [2.24, 2.45) is 0 Å². The molecule has 0 unspecified atom stereocenters. The third-order valence-corrected chi connectivity index (χ3v) is 3.68. The number of ketones is 1. The molecule has 0 bridgehead atoms. The Morgan fingerprint density at radius 2 is 1.95 bits per heavy atom. The second-order valence-electron chi connectivity index (χ2n) is 5.05. The van der Waals surface area contributed by atoms with Crippen LogP contribution in [0.15, 0.2) is 42.5 Å².